The second kappa shape index (κ2) is 7.78. The molecule has 0 N–H and O–H groups in total. The minimum absolute atomic E-state index is 0.0268. The van der Waals surface area contributed by atoms with Crippen molar-refractivity contribution in [3.63, 3.8) is 0 Å². The first-order chi connectivity index (χ1) is 13.1. The molecule has 0 amide bonds. The topological polar surface area (TPSA) is 73.4 Å². The van der Waals surface area contributed by atoms with Crippen molar-refractivity contribution in [2.24, 2.45) is 13.0 Å². The molecule has 2 heterocycles. The number of aromatic nitrogens is 2. The van der Waals surface area contributed by atoms with Gasteiger partial charge in [0.2, 0.25) is 5.82 Å². The third kappa shape index (κ3) is 3.61. The van der Waals surface area contributed by atoms with Crippen molar-refractivity contribution in [1.82, 2.24) is 14.6 Å². The highest BCUT2D eigenvalue weighted by Crippen LogP contribution is 2.45. The largest absolute Gasteiger partial charge is 0.358 e. The van der Waals surface area contributed by atoms with E-state index in [0.29, 0.717) is 12.5 Å². The molecule has 0 spiro atoms. The summed E-state index contributed by atoms with van der Waals surface area (Å²) in [5, 5.41) is 13.3. The van der Waals surface area contributed by atoms with E-state index in [1.165, 1.54) is 37.4 Å². The van der Waals surface area contributed by atoms with Crippen LogP contribution in [0.1, 0.15) is 56.0 Å². The summed E-state index contributed by atoms with van der Waals surface area (Å²) in [4.78, 5) is 21.8. The Labute approximate surface area is 159 Å². The Morgan fingerprint density at radius 1 is 1.19 bits per heavy atom. The van der Waals surface area contributed by atoms with Gasteiger partial charge in [0.25, 0.3) is 0 Å². The van der Waals surface area contributed by atoms with E-state index in [4.69, 9.17) is 4.84 Å². The molecule has 0 radical (unpaired) electrons. The molecule has 2 aromatic rings. The molecule has 1 saturated heterocycles. The van der Waals surface area contributed by atoms with E-state index >= 15 is 0 Å². The highest BCUT2D eigenvalue weighted by molar-refractivity contribution is 5.22. The number of rotatable bonds is 4. The lowest BCUT2D eigenvalue weighted by Gasteiger charge is -2.24. The van der Waals surface area contributed by atoms with Gasteiger partial charge in [0.1, 0.15) is 12.2 Å². The Kier molecular flexibility index (Phi) is 5.22. The second-order valence-electron chi connectivity index (χ2n) is 7.60. The predicted molar refractivity (Wildman–Crippen MR) is 101 cm³/mol. The first-order valence-corrected chi connectivity index (χ1v) is 9.78. The molecule has 1 aromatic carbocycles. The molecule has 144 valence electrons. The van der Waals surface area contributed by atoms with Gasteiger partial charge in [-0.15, -0.1) is 0 Å². The van der Waals surface area contributed by atoms with Crippen LogP contribution >= 0.6 is 0 Å². The fraction of sp³-hybridized carbons (Fsp3) is 0.550. The minimum atomic E-state index is -0.372. The summed E-state index contributed by atoms with van der Waals surface area (Å²) in [6.07, 6.45) is 8.49. The molecular formula is C20H26N4O3. The van der Waals surface area contributed by atoms with Crippen LogP contribution in [0.3, 0.4) is 0 Å². The molecule has 2 aliphatic rings. The molecule has 4 rings (SSSR count). The van der Waals surface area contributed by atoms with E-state index in [1.807, 2.05) is 23.3 Å². The summed E-state index contributed by atoms with van der Waals surface area (Å²) in [7, 11) is 1.73. The van der Waals surface area contributed by atoms with Crippen LogP contribution in [0.25, 0.3) is 0 Å². The average molecular weight is 370 g/mol. The monoisotopic (exact) mass is 370 g/mol. The van der Waals surface area contributed by atoms with Crippen LogP contribution in [0.4, 0.5) is 5.82 Å². The molecule has 7 heteroatoms. The summed E-state index contributed by atoms with van der Waals surface area (Å²) in [5.41, 5.74) is 1.17. The molecular weight excluding hydrogens is 344 g/mol. The lowest BCUT2D eigenvalue weighted by atomic mass is 9.84. The van der Waals surface area contributed by atoms with Crippen LogP contribution in [0.15, 0.2) is 36.5 Å². The molecule has 1 aromatic heterocycles. The maximum atomic E-state index is 11.3. The van der Waals surface area contributed by atoms with Gasteiger partial charge in [0, 0.05) is 5.92 Å². The van der Waals surface area contributed by atoms with Crippen molar-refractivity contribution in [3.05, 3.63) is 58.0 Å². The zero-order valence-corrected chi connectivity index (χ0v) is 15.7. The predicted octanol–water partition coefficient (Wildman–Crippen LogP) is 4.16. The SMILES string of the molecule is Cn1c([N+](=O)[O-])cnc1C1C2CCCCCCC2ON1Cc1ccccc1. The summed E-state index contributed by atoms with van der Waals surface area (Å²) in [5.74, 6) is 1.07. The van der Waals surface area contributed by atoms with E-state index < -0.39 is 0 Å². The zero-order chi connectivity index (χ0) is 18.8. The maximum Gasteiger partial charge on any atom is 0.342 e. The van der Waals surface area contributed by atoms with Crippen molar-refractivity contribution in [3.8, 4) is 0 Å². The van der Waals surface area contributed by atoms with Crippen LogP contribution < -0.4 is 0 Å². The van der Waals surface area contributed by atoms with Crippen LogP contribution in [0.5, 0.6) is 0 Å². The number of nitrogens with zero attached hydrogens (tertiary/aromatic N) is 4. The summed E-state index contributed by atoms with van der Waals surface area (Å²) >= 11 is 0. The number of hydroxylamine groups is 2. The Morgan fingerprint density at radius 2 is 1.93 bits per heavy atom. The van der Waals surface area contributed by atoms with E-state index in [-0.39, 0.29) is 22.9 Å². The van der Waals surface area contributed by atoms with Gasteiger partial charge in [-0.2, -0.15) is 5.06 Å². The lowest BCUT2D eigenvalue weighted by Crippen LogP contribution is -2.27. The Hall–Kier alpha value is -2.25. The van der Waals surface area contributed by atoms with Crippen LogP contribution in [-0.4, -0.2) is 25.6 Å². The van der Waals surface area contributed by atoms with E-state index in [0.717, 1.165) is 18.7 Å². The van der Waals surface area contributed by atoms with Crippen molar-refractivity contribution in [1.29, 1.82) is 0 Å². The highest BCUT2D eigenvalue weighted by Gasteiger charge is 2.47. The molecule has 7 nitrogen and oxygen atoms in total. The number of fused-ring (bicyclic) bond motifs is 1. The third-order valence-corrected chi connectivity index (χ3v) is 5.87. The second-order valence-corrected chi connectivity index (χ2v) is 7.60. The number of hydrogen-bond donors (Lipinski definition) is 0. The summed E-state index contributed by atoms with van der Waals surface area (Å²) in [6, 6.07) is 10.2. The highest BCUT2D eigenvalue weighted by atomic mass is 16.7. The Morgan fingerprint density at radius 3 is 2.63 bits per heavy atom. The quantitative estimate of drug-likeness (QED) is 0.597. The normalized spacial score (nSPS) is 26.3. The van der Waals surface area contributed by atoms with Gasteiger partial charge in [0.15, 0.2) is 0 Å². The van der Waals surface area contributed by atoms with Gasteiger partial charge >= 0.3 is 5.82 Å². The van der Waals surface area contributed by atoms with Gasteiger partial charge in [-0.3, -0.25) is 4.84 Å². The Bertz CT molecular complexity index is 792. The molecule has 1 aliphatic heterocycles. The number of imidazole rings is 1. The molecule has 1 aliphatic carbocycles. The fourth-order valence-electron chi connectivity index (χ4n) is 4.50. The van der Waals surface area contributed by atoms with Crippen LogP contribution in [-0.2, 0) is 18.4 Å². The van der Waals surface area contributed by atoms with Gasteiger partial charge < -0.3 is 10.1 Å². The standard InChI is InChI=1S/C20H26N4O3/c1-22-18(24(25)26)13-21-20(22)19-16-11-7-2-3-8-12-17(16)27-23(19)14-15-9-5-4-6-10-15/h4-6,9-10,13,16-17,19H,2-3,7-8,11-12,14H2,1H3. The third-order valence-electron chi connectivity index (χ3n) is 5.87. The summed E-state index contributed by atoms with van der Waals surface area (Å²) < 4.78 is 1.62. The van der Waals surface area contributed by atoms with Gasteiger partial charge in [-0.1, -0.05) is 56.0 Å². The average Bonchev–Trinajstić information content (AvgIpc) is 3.16. The summed E-state index contributed by atoms with van der Waals surface area (Å²) in [6.45, 7) is 0.652. The molecule has 1 saturated carbocycles. The molecule has 3 atom stereocenters. The lowest BCUT2D eigenvalue weighted by molar-refractivity contribution is -0.391. The van der Waals surface area contributed by atoms with Crippen molar-refractivity contribution >= 4 is 5.82 Å². The number of benzene rings is 1. The molecule has 27 heavy (non-hydrogen) atoms. The number of hydrogen-bond acceptors (Lipinski definition) is 5. The molecule has 3 unspecified atom stereocenters. The first-order valence-electron chi connectivity index (χ1n) is 9.78. The smallest absolute Gasteiger partial charge is 0.342 e. The number of nitro groups is 1. The van der Waals surface area contributed by atoms with E-state index in [1.54, 1.807) is 11.6 Å². The van der Waals surface area contributed by atoms with E-state index in [2.05, 4.69) is 17.1 Å². The maximum absolute atomic E-state index is 11.3. The van der Waals surface area contributed by atoms with Gasteiger partial charge in [0.05, 0.1) is 19.7 Å². The molecule has 2 fully saturated rings. The van der Waals surface area contributed by atoms with Crippen molar-refractivity contribution in [2.45, 2.75) is 57.2 Å². The fourth-order valence-corrected chi connectivity index (χ4v) is 4.50. The Balaban J connectivity index is 1.68. The van der Waals surface area contributed by atoms with Crippen molar-refractivity contribution in [2.75, 3.05) is 0 Å². The van der Waals surface area contributed by atoms with E-state index in [9.17, 15) is 10.1 Å². The first kappa shape index (κ1) is 18.1. The van der Waals surface area contributed by atoms with Crippen LogP contribution in [0.2, 0.25) is 0 Å². The zero-order valence-electron chi connectivity index (χ0n) is 15.7. The molecule has 0 bridgehead atoms. The van der Waals surface area contributed by atoms with Crippen LogP contribution in [0, 0.1) is 16.0 Å². The van der Waals surface area contributed by atoms with Gasteiger partial charge in [-0.05, 0) is 23.3 Å². The minimum Gasteiger partial charge on any atom is -0.358 e. The van der Waals surface area contributed by atoms with Gasteiger partial charge in [-0.25, -0.2) is 9.55 Å². The van der Waals surface area contributed by atoms with Crippen molar-refractivity contribution < 1.29 is 9.76 Å².